The van der Waals surface area contributed by atoms with Gasteiger partial charge in [-0.05, 0) is 80.6 Å². The molecule has 0 radical (unpaired) electrons. The molecule has 1 N–H and O–H groups in total. The molecule has 4 rings (SSSR count). The second kappa shape index (κ2) is 10.4. The van der Waals surface area contributed by atoms with E-state index in [1.54, 1.807) is 36.4 Å². The van der Waals surface area contributed by atoms with Crippen LogP contribution in [0.25, 0.3) is 6.08 Å². The lowest BCUT2D eigenvalue weighted by Gasteiger charge is -2.11. The predicted molar refractivity (Wildman–Crippen MR) is 136 cm³/mol. The van der Waals surface area contributed by atoms with Crippen molar-refractivity contribution in [2.24, 2.45) is 4.99 Å². The van der Waals surface area contributed by atoms with Crippen LogP contribution in [0.3, 0.4) is 0 Å². The molecule has 0 unspecified atom stereocenters. The summed E-state index contributed by atoms with van der Waals surface area (Å²) < 4.78 is 11.3. The molecule has 0 aromatic heterocycles. The van der Waals surface area contributed by atoms with E-state index in [4.69, 9.17) is 9.47 Å². The standard InChI is InChI=1S/C27H24N2O4S/c1-4-32-23-15-19(9-14-22(23)33-26(31)20-10-5-17(2)6-11-20)16-24-25(30)29-27(34-24)28-21-12-7-18(3)8-13-21/h5-16H,4H2,1-3H3,(H,28,29,30)/b24-16-. The van der Waals surface area contributed by atoms with Crippen molar-refractivity contribution in [3.8, 4) is 11.5 Å². The lowest BCUT2D eigenvalue weighted by Crippen LogP contribution is -2.19. The van der Waals surface area contributed by atoms with E-state index in [2.05, 4.69) is 10.3 Å². The van der Waals surface area contributed by atoms with Crippen molar-refractivity contribution in [2.45, 2.75) is 20.8 Å². The molecule has 0 saturated carbocycles. The fourth-order valence-electron chi connectivity index (χ4n) is 3.18. The van der Waals surface area contributed by atoms with Crippen LogP contribution in [0.5, 0.6) is 11.5 Å². The highest BCUT2D eigenvalue weighted by atomic mass is 32.2. The molecule has 1 aliphatic rings. The number of thioether (sulfide) groups is 1. The highest BCUT2D eigenvalue weighted by molar-refractivity contribution is 8.18. The van der Waals surface area contributed by atoms with Crippen LogP contribution >= 0.6 is 11.8 Å². The van der Waals surface area contributed by atoms with Gasteiger partial charge in [0.2, 0.25) is 0 Å². The number of aryl methyl sites for hydroxylation is 2. The summed E-state index contributed by atoms with van der Waals surface area (Å²) in [6, 6.07) is 20.1. The second-order valence-electron chi connectivity index (χ2n) is 7.71. The van der Waals surface area contributed by atoms with Crippen LogP contribution in [0.1, 0.15) is 34.0 Å². The molecule has 0 aliphatic carbocycles. The molecule has 1 aliphatic heterocycles. The summed E-state index contributed by atoms with van der Waals surface area (Å²) in [5, 5.41) is 3.31. The van der Waals surface area contributed by atoms with Gasteiger partial charge in [-0.25, -0.2) is 9.79 Å². The second-order valence-corrected chi connectivity index (χ2v) is 8.74. The Morgan fingerprint density at radius 1 is 0.971 bits per heavy atom. The van der Waals surface area contributed by atoms with E-state index in [0.29, 0.717) is 33.7 Å². The Hall–Kier alpha value is -3.84. The zero-order valence-electron chi connectivity index (χ0n) is 19.1. The first-order valence-corrected chi connectivity index (χ1v) is 11.6. The van der Waals surface area contributed by atoms with Crippen molar-refractivity contribution in [2.75, 3.05) is 6.61 Å². The number of hydrogen-bond donors (Lipinski definition) is 1. The summed E-state index contributed by atoms with van der Waals surface area (Å²) in [5.74, 6) is 0.0624. The average Bonchev–Trinajstić information content (AvgIpc) is 3.16. The van der Waals surface area contributed by atoms with Gasteiger partial charge in [0, 0.05) is 0 Å². The molecule has 0 bridgehead atoms. The highest BCUT2D eigenvalue weighted by Crippen LogP contribution is 2.33. The Morgan fingerprint density at radius 2 is 1.65 bits per heavy atom. The van der Waals surface area contributed by atoms with Gasteiger partial charge in [-0.1, -0.05) is 41.5 Å². The minimum atomic E-state index is -0.463. The Labute approximate surface area is 202 Å². The van der Waals surface area contributed by atoms with Crippen LogP contribution in [-0.4, -0.2) is 23.7 Å². The topological polar surface area (TPSA) is 77.0 Å². The first kappa shape index (κ1) is 23.3. The van der Waals surface area contributed by atoms with Crippen molar-refractivity contribution in [3.05, 3.63) is 93.9 Å². The van der Waals surface area contributed by atoms with E-state index in [1.165, 1.54) is 11.8 Å². The van der Waals surface area contributed by atoms with Gasteiger partial charge in [0.15, 0.2) is 16.7 Å². The first-order valence-electron chi connectivity index (χ1n) is 10.8. The molecule has 1 amide bonds. The number of amides is 1. The first-order chi connectivity index (χ1) is 16.4. The molecule has 1 heterocycles. The smallest absolute Gasteiger partial charge is 0.343 e. The molecule has 7 heteroatoms. The van der Waals surface area contributed by atoms with Gasteiger partial charge >= 0.3 is 5.97 Å². The number of esters is 1. The number of rotatable bonds is 6. The van der Waals surface area contributed by atoms with Gasteiger partial charge < -0.3 is 14.8 Å². The summed E-state index contributed by atoms with van der Waals surface area (Å²) in [6.45, 7) is 6.22. The van der Waals surface area contributed by atoms with E-state index in [0.717, 1.165) is 22.4 Å². The van der Waals surface area contributed by atoms with E-state index in [-0.39, 0.29) is 5.91 Å². The molecule has 1 saturated heterocycles. The molecular weight excluding hydrogens is 448 g/mol. The van der Waals surface area contributed by atoms with Gasteiger partial charge in [-0.2, -0.15) is 0 Å². The fraction of sp³-hybridized carbons (Fsp3) is 0.148. The number of carbonyl (C=O) groups is 2. The van der Waals surface area contributed by atoms with E-state index in [1.807, 2.05) is 57.2 Å². The fourth-order valence-corrected chi connectivity index (χ4v) is 4.03. The van der Waals surface area contributed by atoms with Gasteiger partial charge in [-0.3, -0.25) is 4.79 Å². The molecular formula is C27H24N2O4S. The highest BCUT2D eigenvalue weighted by Gasteiger charge is 2.24. The third-order valence-corrected chi connectivity index (χ3v) is 5.88. The van der Waals surface area contributed by atoms with Crippen molar-refractivity contribution in [1.82, 2.24) is 5.32 Å². The van der Waals surface area contributed by atoms with Gasteiger partial charge in [-0.15, -0.1) is 0 Å². The van der Waals surface area contributed by atoms with Crippen LogP contribution < -0.4 is 14.8 Å². The Kier molecular flexibility index (Phi) is 7.13. The summed E-state index contributed by atoms with van der Waals surface area (Å²) in [5.41, 5.74) is 4.18. The maximum Gasteiger partial charge on any atom is 0.343 e. The van der Waals surface area contributed by atoms with Crippen LogP contribution in [0, 0.1) is 13.8 Å². The van der Waals surface area contributed by atoms with Crippen LogP contribution in [0.2, 0.25) is 0 Å². The molecule has 0 atom stereocenters. The zero-order chi connectivity index (χ0) is 24.1. The van der Waals surface area contributed by atoms with Crippen molar-refractivity contribution in [3.63, 3.8) is 0 Å². The van der Waals surface area contributed by atoms with E-state index >= 15 is 0 Å². The zero-order valence-corrected chi connectivity index (χ0v) is 19.9. The third-order valence-electron chi connectivity index (χ3n) is 4.97. The van der Waals surface area contributed by atoms with E-state index < -0.39 is 5.97 Å². The number of aliphatic imine (C=N–C) groups is 1. The number of carbonyl (C=O) groups excluding carboxylic acids is 2. The third kappa shape index (κ3) is 5.74. The largest absolute Gasteiger partial charge is 0.490 e. The SMILES string of the molecule is CCOc1cc(/C=C2\SC(=Nc3ccc(C)cc3)NC2=O)ccc1OC(=O)c1ccc(C)cc1. The Balaban J connectivity index is 1.53. The van der Waals surface area contributed by atoms with Crippen molar-refractivity contribution >= 4 is 40.6 Å². The molecule has 0 spiro atoms. The van der Waals surface area contributed by atoms with Gasteiger partial charge in [0.1, 0.15) is 0 Å². The van der Waals surface area contributed by atoms with Crippen LogP contribution in [0.15, 0.2) is 76.6 Å². The lowest BCUT2D eigenvalue weighted by atomic mass is 10.1. The Morgan fingerprint density at radius 3 is 2.32 bits per heavy atom. The summed E-state index contributed by atoms with van der Waals surface area (Å²) in [7, 11) is 0. The molecule has 6 nitrogen and oxygen atoms in total. The minimum Gasteiger partial charge on any atom is -0.490 e. The molecule has 3 aromatic carbocycles. The normalized spacial score (nSPS) is 15.4. The molecule has 3 aromatic rings. The molecule has 1 fully saturated rings. The van der Waals surface area contributed by atoms with Crippen LogP contribution in [-0.2, 0) is 4.79 Å². The summed E-state index contributed by atoms with van der Waals surface area (Å²) in [6.07, 6.45) is 1.76. The van der Waals surface area contributed by atoms with Gasteiger partial charge in [0.05, 0.1) is 22.8 Å². The van der Waals surface area contributed by atoms with Crippen molar-refractivity contribution < 1.29 is 19.1 Å². The average molecular weight is 473 g/mol. The van der Waals surface area contributed by atoms with E-state index in [9.17, 15) is 9.59 Å². The minimum absolute atomic E-state index is 0.219. The lowest BCUT2D eigenvalue weighted by molar-refractivity contribution is -0.115. The number of benzene rings is 3. The molecule has 172 valence electrons. The number of amidine groups is 1. The number of nitrogens with one attached hydrogen (secondary N) is 1. The summed E-state index contributed by atoms with van der Waals surface area (Å²) in [4.78, 5) is 30.0. The molecule has 34 heavy (non-hydrogen) atoms. The maximum absolute atomic E-state index is 12.5. The maximum atomic E-state index is 12.5. The predicted octanol–water partition coefficient (Wildman–Crippen LogP) is 5.81. The van der Waals surface area contributed by atoms with Crippen molar-refractivity contribution in [1.29, 1.82) is 0 Å². The monoisotopic (exact) mass is 472 g/mol. The van der Waals surface area contributed by atoms with Crippen LogP contribution in [0.4, 0.5) is 5.69 Å². The number of nitrogens with zero attached hydrogens (tertiary/aromatic N) is 1. The number of ether oxygens (including phenoxy) is 2. The Bertz CT molecular complexity index is 1280. The number of hydrogen-bond acceptors (Lipinski definition) is 6. The quantitative estimate of drug-likeness (QED) is 0.278. The van der Waals surface area contributed by atoms with Gasteiger partial charge in [0.25, 0.3) is 5.91 Å². The summed E-state index contributed by atoms with van der Waals surface area (Å²) >= 11 is 1.27.